The first-order valence-electron chi connectivity index (χ1n) is 6.45. The fourth-order valence-corrected chi connectivity index (χ4v) is 2.81. The van der Waals surface area contributed by atoms with Crippen molar-refractivity contribution in [1.29, 1.82) is 0 Å². The Balaban J connectivity index is 2.54. The van der Waals surface area contributed by atoms with E-state index >= 15 is 0 Å². The molecule has 0 atom stereocenters. The summed E-state index contributed by atoms with van der Waals surface area (Å²) in [7, 11) is -1.43. The highest BCUT2D eigenvalue weighted by Gasteiger charge is 2.10. The Morgan fingerprint density at radius 2 is 2.05 bits per heavy atom. The van der Waals surface area contributed by atoms with Gasteiger partial charge < -0.3 is 10.1 Å². The molecular formula is C13H22N2O3S. The number of hydrogen-bond donors (Lipinski definition) is 2. The second-order valence-electron chi connectivity index (χ2n) is 4.19. The van der Waals surface area contributed by atoms with Gasteiger partial charge in [0, 0.05) is 6.07 Å². The van der Waals surface area contributed by atoms with Crippen LogP contribution in [-0.2, 0) is 10.0 Å². The van der Waals surface area contributed by atoms with Gasteiger partial charge in [-0.2, -0.15) is 0 Å². The first kappa shape index (κ1) is 15.8. The minimum absolute atomic E-state index is 0.132. The van der Waals surface area contributed by atoms with Gasteiger partial charge in [-0.05, 0) is 45.5 Å². The fraction of sp³-hybridized carbons (Fsp3) is 0.538. The largest absolute Gasteiger partial charge is 0.494 e. The van der Waals surface area contributed by atoms with Crippen LogP contribution in [0.3, 0.4) is 0 Å². The molecule has 108 valence electrons. The second-order valence-corrected chi connectivity index (χ2v) is 6.03. The quantitative estimate of drug-likeness (QED) is 0.680. The van der Waals surface area contributed by atoms with Crippen LogP contribution in [0.5, 0.6) is 5.75 Å². The first-order chi connectivity index (χ1) is 9.07. The molecule has 0 bridgehead atoms. The average Bonchev–Trinajstić information content (AvgIpc) is 2.35. The van der Waals surface area contributed by atoms with Gasteiger partial charge in [-0.15, -0.1) is 0 Å². The van der Waals surface area contributed by atoms with Crippen LogP contribution < -0.4 is 14.8 Å². The van der Waals surface area contributed by atoms with Gasteiger partial charge in [0.15, 0.2) is 0 Å². The molecule has 1 rings (SSSR count). The van der Waals surface area contributed by atoms with Crippen LogP contribution >= 0.6 is 0 Å². The minimum atomic E-state index is -3.28. The van der Waals surface area contributed by atoms with Crippen molar-refractivity contribution < 1.29 is 13.2 Å². The standard InChI is InChI=1S/C13H22N2O3S/c1-3-18-13-8-6-7-12(11-13)15-19(16,17)10-5-4-9-14-2/h6-8,11,14-15H,3-5,9-10H2,1-2H3. The lowest BCUT2D eigenvalue weighted by Crippen LogP contribution is -2.18. The molecule has 0 amide bonds. The van der Waals surface area contributed by atoms with Crippen LogP contribution in [0.25, 0.3) is 0 Å². The number of unbranched alkanes of at least 4 members (excludes halogenated alkanes) is 1. The van der Waals surface area contributed by atoms with Gasteiger partial charge in [0.05, 0.1) is 18.0 Å². The van der Waals surface area contributed by atoms with Gasteiger partial charge in [0.2, 0.25) is 10.0 Å². The number of ether oxygens (including phenoxy) is 1. The maximum atomic E-state index is 11.9. The van der Waals surface area contributed by atoms with E-state index in [2.05, 4.69) is 10.0 Å². The van der Waals surface area contributed by atoms with Crippen molar-refractivity contribution >= 4 is 15.7 Å². The molecular weight excluding hydrogens is 264 g/mol. The number of nitrogens with one attached hydrogen (secondary N) is 2. The summed E-state index contributed by atoms with van der Waals surface area (Å²) in [5.41, 5.74) is 0.541. The van der Waals surface area contributed by atoms with E-state index < -0.39 is 10.0 Å². The number of rotatable bonds is 9. The Morgan fingerprint density at radius 3 is 2.74 bits per heavy atom. The summed E-state index contributed by atoms with van der Waals surface area (Å²) in [6, 6.07) is 6.97. The van der Waals surface area contributed by atoms with Crippen LogP contribution in [0.1, 0.15) is 19.8 Å². The molecule has 2 N–H and O–H groups in total. The maximum absolute atomic E-state index is 11.9. The molecule has 1 aromatic rings. The topological polar surface area (TPSA) is 67.4 Å². The molecule has 0 fully saturated rings. The monoisotopic (exact) mass is 286 g/mol. The average molecular weight is 286 g/mol. The highest BCUT2D eigenvalue weighted by atomic mass is 32.2. The van der Waals surface area contributed by atoms with Crippen LogP contribution in [0.2, 0.25) is 0 Å². The molecule has 1 aromatic carbocycles. The van der Waals surface area contributed by atoms with Gasteiger partial charge in [-0.3, -0.25) is 4.72 Å². The molecule has 0 saturated carbocycles. The molecule has 5 nitrogen and oxygen atoms in total. The summed E-state index contributed by atoms with van der Waals surface area (Å²) in [6.07, 6.45) is 1.48. The Labute approximate surface area is 115 Å². The van der Waals surface area contributed by atoms with Crippen molar-refractivity contribution in [1.82, 2.24) is 5.32 Å². The third-order valence-corrected chi connectivity index (χ3v) is 3.88. The van der Waals surface area contributed by atoms with E-state index in [4.69, 9.17) is 4.74 Å². The zero-order chi connectivity index (χ0) is 14.1. The van der Waals surface area contributed by atoms with E-state index in [1.165, 1.54) is 0 Å². The Bertz CT molecular complexity index is 475. The van der Waals surface area contributed by atoms with Crippen LogP contribution in [0.15, 0.2) is 24.3 Å². The molecule has 0 aromatic heterocycles. The summed E-state index contributed by atoms with van der Waals surface area (Å²) in [5, 5.41) is 2.99. The minimum Gasteiger partial charge on any atom is -0.494 e. The van der Waals surface area contributed by atoms with Crippen molar-refractivity contribution in [2.24, 2.45) is 0 Å². The first-order valence-corrected chi connectivity index (χ1v) is 8.10. The zero-order valence-electron chi connectivity index (χ0n) is 11.5. The molecule has 0 radical (unpaired) electrons. The number of hydrogen-bond acceptors (Lipinski definition) is 4. The smallest absolute Gasteiger partial charge is 0.232 e. The van der Waals surface area contributed by atoms with Gasteiger partial charge in [0.25, 0.3) is 0 Å². The van der Waals surface area contributed by atoms with Crippen LogP contribution in [0, 0.1) is 0 Å². The molecule has 0 heterocycles. The molecule has 0 spiro atoms. The SMILES string of the molecule is CCOc1cccc(NS(=O)(=O)CCCCNC)c1. The van der Waals surface area contributed by atoms with Crippen molar-refractivity contribution in [3.8, 4) is 5.75 Å². The third kappa shape index (κ3) is 6.45. The summed E-state index contributed by atoms with van der Waals surface area (Å²) < 4.78 is 31.6. The fourth-order valence-electron chi connectivity index (χ4n) is 1.64. The van der Waals surface area contributed by atoms with Gasteiger partial charge in [-0.25, -0.2) is 8.42 Å². The Morgan fingerprint density at radius 1 is 1.26 bits per heavy atom. The summed E-state index contributed by atoms with van der Waals surface area (Å²) in [5.74, 6) is 0.797. The summed E-state index contributed by atoms with van der Waals surface area (Å²) in [6.45, 7) is 3.27. The number of anilines is 1. The molecule has 0 unspecified atom stereocenters. The third-order valence-electron chi connectivity index (χ3n) is 2.51. The molecule has 0 saturated heterocycles. The van der Waals surface area contributed by atoms with Gasteiger partial charge >= 0.3 is 0 Å². The normalized spacial score (nSPS) is 11.3. The van der Waals surface area contributed by atoms with Crippen LogP contribution in [0.4, 0.5) is 5.69 Å². The Hall–Kier alpha value is -1.27. The van der Waals surface area contributed by atoms with Crippen LogP contribution in [-0.4, -0.2) is 34.4 Å². The highest BCUT2D eigenvalue weighted by Crippen LogP contribution is 2.18. The maximum Gasteiger partial charge on any atom is 0.232 e. The van der Waals surface area contributed by atoms with Crippen molar-refractivity contribution in [2.75, 3.05) is 30.7 Å². The van der Waals surface area contributed by atoms with E-state index in [9.17, 15) is 8.42 Å². The van der Waals surface area contributed by atoms with Crippen molar-refractivity contribution in [2.45, 2.75) is 19.8 Å². The van der Waals surface area contributed by atoms with Gasteiger partial charge in [-0.1, -0.05) is 6.07 Å². The lowest BCUT2D eigenvalue weighted by molar-refractivity contribution is 0.340. The van der Waals surface area contributed by atoms with E-state index in [0.717, 1.165) is 13.0 Å². The van der Waals surface area contributed by atoms with E-state index in [1.54, 1.807) is 24.3 Å². The highest BCUT2D eigenvalue weighted by molar-refractivity contribution is 7.92. The molecule has 0 aliphatic rings. The summed E-state index contributed by atoms with van der Waals surface area (Å²) in [4.78, 5) is 0. The second kappa shape index (κ2) is 8.01. The lowest BCUT2D eigenvalue weighted by atomic mass is 10.3. The lowest BCUT2D eigenvalue weighted by Gasteiger charge is -2.09. The number of sulfonamides is 1. The molecule has 6 heteroatoms. The number of benzene rings is 1. The van der Waals surface area contributed by atoms with E-state index in [1.807, 2.05) is 14.0 Å². The van der Waals surface area contributed by atoms with Gasteiger partial charge in [0.1, 0.15) is 5.75 Å². The van der Waals surface area contributed by atoms with Crippen molar-refractivity contribution in [3.05, 3.63) is 24.3 Å². The summed E-state index contributed by atoms with van der Waals surface area (Å²) >= 11 is 0. The van der Waals surface area contributed by atoms with E-state index in [-0.39, 0.29) is 5.75 Å². The Kier molecular flexibility index (Phi) is 6.66. The van der Waals surface area contributed by atoms with E-state index in [0.29, 0.717) is 24.5 Å². The molecule has 0 aliphatic heterocycles. The predicted molar refractivity (Wildman–Crippen MR) is 78.2 cm³/mol. The molecule has 0 aliphatic carbocycles. The predicted octanol–water partition coefficient (Wildman–Crippen LogP) is 1.83. The zero-order valence-corrected chi connectivity index (χ0v) is 12.3. The molecule has 19 heavy (non-hydrogen) atoms. The van der Waals surface area contributed by atoms with Crippen molar-refractivity contribution in [3.63, 3.8) is 0 Å².